The second-order valence-electron chi connectivity index (χ2n) is 7.97. The summed E-state index contributed by atoms with van der Waals surface area (Å²) in [6.45, 7) is 2.18. The van der Waals surface area contributed by atoms with Crippen LogP contribution in [0.25, 0.3) is 6.08 Å². The van der Waals surface area contributed by atoms with Crippen molar-refractivity contribution in [2.45, 2.75) is 6.92 Å². The second-order valence-corrected chi connectivity index (χ2v) is 9.77. The van der Waals surface area contributed by atoms with Crippen LogP contribution in [0.5, 0.6) is 23.0 Å². The molecule has 0 aromatic heterocycles. The molecule has 3 aromatic rings. The van der Waals surface area contributed by atoms with Crippen molar-refractivity contribution in [3.63, 3.8) is 0 Å². The van der Waals surface area contributed by atoms with Crippen LogP contribution in [0.15, 0.2) is 65.6 Å². The zero-order valence-electron chi connectivity index (χ0n) is 20.9. The molecule has 0 atom stereocenters. The lowest BCUT2D eigenvalue weighted by Crippen LogP contribution is -2.32. The number of hydrogen-bond donors (Lipinski definition) is 0. The summed E-state index contributed by atoms with van der Waals surface area (Å²) in [6.07, 6.45) is 1.53. The molecule has 0 saturated carbocycles. The van der Waals surface area contributed by atoms with Crippen LogP contribution >= 0.6 is 35.0 Å². The number of imide groups is 1. The third-order valence-corrected chi connectivity index (χ3v) is 6.95. The molecule has 4 rings (SSSR count). The molecule has 202 valence electrons. The van der Waals surface area contributed by atoms with E-state index in [2.05, 4.69) is 0 Å². The average molecular weight is 588 g/mol. The van der Waals surface area contributed by atoms with Gasteiger partial charge in [-0.05, 0) is 66.7 Å². The summed E-state index contributed by atoms with van der Waals surface area (Å²) in [7, 11) is 1.53. The molecule has 8 nitrogen and oxygen atoms in total. The van der Waals surface area contributed by atoms with Crippen molar-refractivity contribution in [3.05, 3.63) is 86.7 Å². The van der Waals surface area contributed by atoms with Gasteiger partial charge >= 0.3 is 5.97 Å². The van der Waals surface area contributed by atoms with Gasteiger partial charge in [-0.2, -0.15) is 0 Å². The highest BCUT2D eigenvalue weighted by Gasteiger charge is 2.35. The summed E-state index contributed by atoms with van der Waals surface area (Å²) in [6, 6.07) is 16.6. The number of halogens is 2. The first-order valence-corrected chi connectivity index (χ1v) is 13.3. The topological polar surface area (TPSA) is 91.4 Å². The molecular formula is C28H23Cl2NO7S. The van der Waals surface area contributed by atoms with E-state index in [1.165, 1.54) is 25.3 Å². The molecule has 1 fully saturated rings. The predicted molar refractivity (Wildman–Crippen MR) is 150 cm³/mol. The van der Waals surface area contributed by atoms with E-state index in [0.717, 1.165) is 16.7 Å². The zero-order chi connectivity index (χ0) is 27.9. The van der Waals surface area contributed by atoms with Crippen LogP contribution in [0.4, 0.5) is 4.79 Å². The van der Waals surface area contributed by atoms with Crippen LogP contribution in [-0.4, -0.2) is 48.9 Å². The molecule has 0 bridgehead atoms. The van der Waals surface area contributed by atoms with Crippen molar-refractivity contribution in [2.75, 3.05) is 26.9 Å². The third-order valence-electron chi connectivity index (χ3n) is 5.43. The summed E-state index contributed by atoms with van der Waals surface area (Å²) >= 11 is 13.4. The molecule has 2 amide bonds. The summed E-state index contributed by atoms with van der Waals surface area (Å²) in [5.74, 6) is 0.110. The van der Waals surface area contributed by atoms with Crippen molar-refractivity contribution in [1.82, 2.24) is 4.90 Å². The van der Waals surface area contributed by atoms with Gasteiger partial charge in [0.25, 0.3) is 11.1 Å². The average Bonchev–Trinajstić information content (AvgIpc) is 3.18. The van der Waals surface area contributed by atoms with Crippen molar-refractivity contribution >= 4 is 58.2 Å². The molecule has 0 unspecified atom stereocenters. The fraction of sp³-hybridized carbons (Fsp3) is 0.179. The molecule has 0 radical (unpaired) electrons. The molecule has 0 spiro atoms. The van der Waals surface area contributed by atoms with E-state index in [1.807, 2.05) is 6.07 Å². The second kappa shape index (κ2) is 12.9. The standard InChI is InChI=1S/C28H23Cl2NO7S/c1-3-36-23-15-17(14-20(30)25(23)38-27(33)18-8-4-5-9-19(18)29)16-24-26(32)31(28(34)39-24)12-13-37-22-11-7-6-10-21(22)35-2/h4-11,14-16H,3,12-13H2,1-2H3/b24-16-. The van der Waals surface area contributed by atoms with Gasteiger partial charge in [-0.15, -0.1) is 0 Å². The molecule has 1 aliphatic rings. The number of benzene rings is 3. The van der Waals surface area contributed by atoms with Gasteiger partial charge in [0.1, 0.15) is 6.61 Å². The normalized spacial score (nSPS) is 14.1. The number of nitrogens with zero attached hydrogens (tertiary/aromatic N) is 1. The highest BCUT2D eigenvalue weighted by Crippen LogP contribution is 2.40. The van der Waals surface area contributed by atoms with Gasteiger partial charge in [-0.1, -0.05) is 47.5 Å². The van der Waals surface area contributed by atoms with Crippen LogP contribution in [0.1, 0.15) is 22.8 Å². The number of para-hydroxylation sites is 2. The van der Waals surface area contributed by atoms with Crippen molar-refractivity contribution in [3.8, 4) is 23.0 Å². The fourth-order valence-electron chi connectivity index (χ4n) is 3.64. The van der Waals surface area contributed by atoms with Gasteiger partial charge in [0.2, 0.25) is 0 Å². The molecular weight excluding hydrogens is 565 g/mol. The van der Waals surface area contributed by atoms with Crippen LogP contribution in [-0.2, 0) is 4.79 Å². The van der Waals surface area contributed by atoms with Gasteiger partial charge in [0.05, 0.1) is 40.8 Å². The van der Waals surface area contributed by atoms with Gasteiger partial charge < -0.3 is 18.9 Å². The van der Waals surface area contributed by atoms with Crippen LogP contribution in [0, 0.1) is 0 Å². The van der Waals surface area contributed by atoms with Gasteiger partial charge in [-0.3, -0.25) is 14.5 Å². The molecule has 0 N–H and O–H groups in total. The maximum absolute atomic E-state index is 13.0. The maximum atomic E-state index is 13.0. The Labute approximate surface area is 239 Å². The van der Waals surface area contributed by atoms with Gasteiger partial charge in [0, 0.05) is 0 Å². The zero-order valence-corrected chi connectivity index (χ0v) is 23.3. The quantitative estimate of drug-likeness (QED) is 0.146. The number of methoxy groups -OCH3 is 1. The van der Waals surface area contributed by atoms with E-state index >= 15 is 0 Å². The molecule has 11 heteroatoms. The Kier molecular flexibility index (Phi) is 9.40. The van der Waals surface area contributed by atoms with Gasteiger partial charge in [0.15, 0.2) is 23.0 Å². The predicted octanol–water partition coefficient (Wildman–Crippen LogP) is 6.74. The van der Waals surface area contributed by atoms with Crippen molar-refractivity contribution in [2.24, 2.45) is 0 Å². The summed E-state index contributed by atoms with van der Waals surface area (Å²) in [5, 5.41) is -0.106. The first-order valence-electron chi connectivity index (χ1n) is 11.8. The number of thioether (sulfide) groups is 1. The molecule has 1 heterocycles. The van der Waals surface area contributed by atoms with E-state index < -0.39 is 17.1 Å². The SMILES string of the molecule is CCOc1cc(/C=C2\SC(=O)N(CCOc3ccccc3OC)C2=O)cc(Cl)c1OC(=O)c1ccccc1Cl. The van der Waals surface area contributed by atoms with E-state index in [1.54, 1.807) is 49.4 Å². The Morgan fingerprint density at radius 3 is 2.38 bits per heavy atom. The maximum Gasteiger partial charge on any atom is 0.345 e. The number of hydrogen-bond acceptors (Lipinski definition) is 8. The van der Waals surface area contributed by atoms with Crippen LogP contribution in [0.3, 0.4) is 0 Å². The molecule has 3 aromatic carbocycles. The smallest absolute Gasteiger partial charge is 0.345 e. The van der Waals surface area contributed by atoms with E-state index in [4.69, 9.17) is 42.1 Å². The lowest BCUT2D eigenvalue weighted by Gasteiger charge is -2.15. The first kappa shape index (κ1) is 28.4. The van der Waals surface area contributed by atoms with Crippen LogP contribution in [0.2, 0.25) is 10.0 Å². The number of esters is 1. The first-order chi connectivity index (χ1) is 18.8. The minimum absolute atomic E-state index is 0.0159. The van der Waals surface area contributed by atoms with Gasteiger partial charge in [-0.25, -0.2) is 4.79 Å². The number of carbonyl (C=O) groups excluding carboxylic acids is 3. The molecule has 0 aliphatic carbocycles. The molecule has 1 aliphatic heterocycles. The largest absolute Gasteiger partial charge is 0.493 e. The van der Waals surface area contributed by atoms with E-state index in [-0.39, 0.29) is 51.8 Å². The summed E-state index contributed by atoms with van der Waals surface area (Å²) in [4.78, 5) is 39.5. The Bertz CT molecular complexity index is 1440. The highest BCUT2D eigenvalue weighted by atomic mass is 35.5. The summed E-state index contributed by atoms with van der Waals surface area (Å²) in [5.41, 5.74) is 0.655. The van der Waals surface area contributed by atoms with Crippen molar-refractivity contribution in [1.29, 1.82) is 0 Å². The molecule has 1 saturated heterocycles. The third kappa shape index (κ3) is 6.68. The Hall–Kier alpha value is -3.66. The highest BCUT2D eigenvalue weighted by molar-refractivity contribution is 8.18. The summed E-state index contributed by atoms with van der Waals surface area (Å²) < 4.78 is 22.1. The lowest BCUT2D eigenvalue weighted by molar-refractivity contribution is -0.123. The van der Waals surface area contributed by atoms with Crippen LogP contribution < -0.4 is 18.9 Å². The lowest BCUT2D eigenvalue weighted by atomic mass is 10.1. The Balaban J connectivity index is 1.50. The fourth-order valence-corrected chi connectivity index (χ4v) is 4.97. The number of rotatable bonds is 10. The monoisotopic (exact) mass is 587 g/mol. The number of carbonyl (C=O) groups is 3. The minimum atomic E-state index is -0.701. The molecule has 39 heavy (non-hydrogen) atoms. The number of ether oxygens (including phenoxy) is 4. The van der Waals surface area contributed by atoms with Crippen molar-refractivity contribution < 1.29 is 33.3 Å². The Morgan fingerprint density at radius 2 is 1.67 bits per heavy atom. The van der Waals surface area contributed by atoms with E-state index in [9.17, 15) is 14.4 Å². The van der Waals surface area contributed by atoms with E-state index in [0.29, 0.717) is 17.1 Å². The number of amides is 2. The minimum Gasteiger partial charge on any atom is -0.493 e. The Morgan fingerprint density at radius 1 is 0.949 bits per heavy atom.